The Bertz CT molecular complexity index is 722. The second kappa shape index (κ2) is 8.56. The van der Waals surface area contributed by atoms with Crippen molar-refractivity contribution in [2.45, 2.75) is 6.54 Å². The van der Waals surface area contributed by atoms with E-state index in [0.717, 1.165) is 4.47 Å². The maximum atomic E-state index is 13.6. The predicted molar refractivity (Wildman–Crippen MR) is 94.0 cm³/mol. The van der Waals surface area contributed by atoms with Crippen molar-refractivity contribution in [2.75, 3.05) is 18.9 Å². The second-order valence-electron chi connectivity index (χ2n) is 5.27. The molecule has 7 heteroatoms. The lowest BCUT2D eigenvalue weighted by Gasteiger charge is -2.16. The van der Waals surface area contributed by atoms with Crippen LogP contribution in [0.3, 0.4) is 0 Å². The fourth-order valence-electron chi connectivity index (χ4n) is 2.08. The van der Waals surface area contributed by atoms with Crippen molar-refractivity contribution >= 4 is 33.6 Å². The molecule has 0 radical (unpaired) electrons. The topological polar surface area (TPSA) is 61.4 Å². The molecule has 0 atom stereocenters. The van der Waals surface area contributed by atoms with Gasteiger partial charge in [0.2, 0.25) is 5.91 Å². The number of halogens is 2. The Morgan fingerprint density at radius 3 is 2.46 bits per heavy atom. The van der Waals surface area contributed by atoms with Crippen molar-refractivity contribution in [2.24, 2.45) is 0 Å². The van der Waals surface area contributed by atoms with Gasteiger partial charge in [-0.1, -0.05) is 34.1 Å². The molecule has 0 saturated heterocycles. The van der Waals surface area contributed by atoms with Gasteiger partial charge >= 0.3 is 6.03 Å². The van der Waals surface area contributed by atoms with Gasteiger partial charge in [-0.25, -0.2) is 9.18 Å². The average molecular weight is 394 g/mol. The number of anilines is 1. The molecule has 24 heavy (non-hydrogen) atoms. The molecular formula is C17H17BrFN3O2. The number of urea groups is 1. The van der Waals surface area contributed by atoms with Crippen LogP contribution < -0.4 is 10.6 Å². The molecule has 0 aliphatic rings. The van der Waals surface area contributed by atoms with Crippen molar-refractivity contribution < 1.29 is 14.0 Å². The lowest BCUT2D eigenvalue weighted by molar-refractivity contribution is -0.120. The molecule has 2 rings (SSSR count). The average Bonchev–Trinajstić information content (AvgIpc) is 2.51. The normalized spacial score (nSPS) is 10.5. The zero-order valence-electron chi connectivity index (χ0n) is 13.1. The van der Waals surface area contributed by atoms with Gasteiger partial charge in [-0.2, -0.15) is 0 Å². The van der Waals surface area contributed by atoms with Crippen LogP contribution in [0.15, 0.2) is 53.0 Å². The molecule has 0 fully saturated rings. The van der Waals surface area contributed by atoms with Gasteiger partial charge < -0.3 is 5.32 Å². The number of carbonyl (C=O) groups excluding carboxylic acids is 2. The molecule has 0 heterocycles. The van der Waals surface area contributed by atoms with Crippen LogP contribution in [0.2, 0.25) is 0 Å². The molecule has 3 amide bonds. The van der Waals surface area contributed by atoms with Crippen molar-refractivity contribution in [1.82, 2.24) is 10.2 Å². The summed E-state index contributed by atoms with van der Waals surface area (Å²) in [5.74, 6) is -0.791. The van der Waals surface area contributed by atoms with E-state index in [1.54, 1.807) is 54.4 Å². The Balaban J connectivity index is 1.80. The maximum absolute atomic E-state index is 13.6. The molecule has 2 aromatic carbocycles. The lowest BCUT2D eigenvalue weighted by Crippen LogP contribution is -2.40. The highest BCUT2D eigenvalue weighted by molar-refractivity contribution is 9.10. The van der Waals surface area contributed by atoms with Crippen molar-refractivity contribution in [3.63, 3.8) is 0 Å². The summed E-state index contributed by atoms with van der Waals surface area (Å²) in [6.45, 7) is 0.247. The largest absolute Gasteiger partial charge is 0.325 e. The maximum Gasteiger partial charge on any atom is 0.325 e. The van der Waals surface area contributed by atoms with E-state index in [2.05, 4.69) is 26.6 Å². The van der Waals surface area contributed by atoms with Gasteiger partial charge in [0.25, 0.3) is 0 Å². The fourth-order valence-corrected chi connectivity index (χ4v) is 2.34. The Morgan fingerprint density at radius 2 is 1.79 bits per heavy atom. The number of benzene rings is 2. The summed E-state index contributed by atoms with van der Waals surface area (Å²) in [7, 11) is 1.68. The molecular weight excluding hydrogens is 377 g/mol. The molecule has 0 unspecified atom stereocenters. The minimum Gasteiger partial charge on any atom is -0.308 e. The number of rotatable bonds is 5. The third-order valence-electron chi connectivity index (χ3n) is 3.17. The first kappa shape index (κ1) is 18.1. The SMILES string of the molecule is CN(CC(=O)NC(=O)Nc1ccc(Br)cc1)Cc1ccccc1F. The number of imide groups is 1. The summed E-state index contributed by atoms with van der Waals surface area (Å²) in [6.07, 6.45) is 0. The molecule has 0 aliphatic heterocycles. The fraction of sp³-hybridized carbons (Fsp3) is 0.176. The third-order valence-corrected chi connectivity index (χ3v) is 3.70. The first-order valence-electron chi connectivity index (χ1n) is 7.22. The predicted octanol–water partition coefficient (Wildman–Crippen LogP) is 3.37. The van der Waals surface area contributed by atoms with E-state index < -0.39 is 11.9 Å². The molecule has 126 valence electrons. The molecule has 0 bridgehead atoms. The lowest BCUT2D eigenvalue weighted by atomic mass is 10.2. The first-order valence-corrected chi connectivity index (χ1v) is 8.01. The number of hydrogen-bond acceptors (Lipinski definition) is 3. The van der Waals surface area contributed by atoms with Crippen LogP contribution in [-0.4, -0.2) is 30.4 Å². The monoisotopic (exact) mass is 393 g/mol. The number of nitrogens with one attached hydrogen (secondary N) is 2. The van der Waals surface area contributed by atoms with E-state index in [0.29, 0.717) is 11.3 Å². The summed E-state index contributed by atoms with van der Waals surface area (Å²) in [5.41, 5.74) is 1.07. The molecule has 5 nitrogen and oxygen atoms in total. The molecule has 2 N–H and O–H groups in total. The van der Waals surface area contributed by atoms with Crippen LogP contribution >= 0.6 is 15.9 Å². The first-order chi connectivity index (χ1) is 11.4. The molecule has 0 saturated carbocycles. The zero-order valence-corrected chi connectivity index (χ0v) is 14.6. The van der Waals surface area contributed by atoms with Crippen LogP contribution in [-0.2, 0) is 11.3 Å². The van der Waals surface area contributed by atoms with E-state index in [1.165, 1.54) is 6.07 Å². The minimum atomic E-state index is -0.610. The highest BCUT2D eigenvalue weighted by atomic mass is 79.9. The van der Waals surface area contributed by atoms with Gasteiger partial charge in [0.05, 0.1) is 6.54 Å². The Labute approximate surface area is 148 Å². The van der Waals surface area contributed by atoms with E-state index in [4.69, 9.17) is 0 Å². The Kier molecular flexibility index (Phi) is 6.45. The number of likely N-dealkylation sites (N-methyl/N-ethyl adjacent to an activating group) is 1. The summed E-state index contributed by atoms with van der Waals surface area (Å²) in [5, 5.41) is 4.80. The van der Waals surface area contributed by atoms with Crippen LogP contribution in [0, 0.1) is 5.82 Å². The van der Waals surface area contributed by atoms with Gasteiger partial charge in [0, 0.05) is 22.3 Å². The molecule has 0 spiro atoms. The number of amides is 3. The smallest absolute Gasteiger partial charge is 0.308 e. The quantitative estimate of drug-likeness (QED) is 0.818. The van der Waals surface area contributed by atoms with Crippen LogP contribution in [0.5, 0.6) is 0 Å². The molecule has 0 aromatic heterocycles. The van der Waals surface area contributed by atoms with E-state index >= 15 is 0 Å². The third kappa shape index (κ3) is 5.75. The minimum absolute atomic E-state index is 0.0257. The van der Waals surface area contributed by atoms with Crippen molar-refractivity contribution in [3.8, 4) is 0 Å². The van der Waals surface area contributed by atoms with Gasteiger partial charge in [0.1, 0.15) is 5.82 Å². The van der Waals surface area contributed by atoms with Gasteiger partial charge in [-0.05, 0) is 37.4 Å². The Hall–Kier alpha value is -2.25. The highest BCUT2D eigenvalue weighted by Crippen LogP contribution is 2.13. The van der Waals surface area contributed by atoms with Gasteiger partial charge in [-0.3, -0.25) is 15.0 Å². The van der Waals surface area contributed by atoms with Crippen molar-refractivity contribution in [3.05, 3.63) is 64.4 Å². The van der Waals surface area contributed by atoms with Crippen LogP contribution in [0.4, 0.5) is 14.9 Å². The van der Waals surface area contributed by atoms with Crippen LogP contribution in [0.1, 0.15) is 5.56 Å². The molecule has 2 aromatic rings. The van der Waals surface area contributed by atoms with Crippen LogP contribution in [0.25, 0.3) is 0 Å². The Morgan fingerprint density at radius 1 is 1.12 bits per heavy atom. The summed E-state index contributed by atoms with van der Waals surface area (Å²) in [4.78, 5) is 25.3. The van der Waals surface area contributed by atoms with E-state index in [1.807, 2.05) is 0 Å². The zero-order chi connectivity index (χ0) is 17.5. The summed E-state index contributed by atoms with van der Waals surface area (Å²) < 4.78 is 14.5. The summed E-state index contributed by atoms with van der Waals surface area (Å²) in [6, 6.07) is 12.7. The second-order valence-corrected chi connectivity index (χ2v) is 6.19. The highest BCUT2D eigenvalue weighted by Gasteiger charge is 2.12. The van der Waals surface area contributed by atoms with Gasteiger partial charge in [-0.15, -0.1) is 0 Å². The van der Waals surface area contributed by atoms with Crippen molar-refractivity contribution in [1.29, 1.82) is 0 Å². The number of hydrogen-bond donors (Lipinski definition) is 2. The summed E-state index contributed by atoms with van der Waals surface area (Å²) >= 11 is 3.30. The van der Waals surface area contributed by atoms with Gasteiger partial charge in [0.15, 0.2) is 0 Å². The number of carbonyl (C=O) groups is 2. The van der Waals surface area contributed by atoms with E-state index in [-0.39, 0.29) is 18.9 Å². The van der Waals surface area contributed by atoms with E-state index in [9.17, 15) is 14.0 Å². The standard InChI is InChI=1S/C17H17BrFN3O2/c1-22(10-12-4-2-3-5-15(12)19)11-16(23)21-17(24)20-14-8-6-13(18)7-9-14/h2-9H,10-11H2,1H3,(H2,20,21,23,24). The number of nitrogens with zero attached hydrogens (tertiary/aromatic N) is 1. The molecule has 0 aliphatic carbocycles.